The van der Waals surface area contributed by atoms with Crippen LogP contribution in [0.15, 0.2) is 0 Å². The largest absolute Gasteiger partial charge is 0.486 e. The van der Waals surface area contributed by atoms with E-state index in [9.17, 15) is 0 Å². The number of ether oxygens (including phenoxy) is 1. The van der Waals surface area contributed by atoms with Gasteiger partial charge in [-0.05, 0) is 72.0 Å². The molecule has 114 valence electrons. The molecule has 0 N–H and O–H groups in total. The van der Waals surface area contributed by atoms with Crippen molar-refractivity contribution in [1.82, 2.24) is 0 Å². The van der Waals surface area contributed by atoms with Crippen LogP contribution in [-0.2, 0) is 25.6 Å². The van der Waals surface area contributed by atoms with Gasteiger partial charge in [0, 0.05) is 0 Å². The van der Waals surface area contributed by atoms with Crippen LogP contribution >= 0.6 is 18.7 Å². The summed E-state index contributed by atoms with van der Waals surface area (Å²) in [5.74, 6) is 0. The molecule has 0 fully saturated rings. The average Bonchev–Trinajstić information content (AvgIpc) is 2.25. The second-order valence-electron chi connectivity index (χ2n) is 5.15. The highest BCUT2D eigenvalue weighted by atomic mass is 32.5. The van der Waals surface area contributed by atoms with Gasteiger partial charge >= 0.3 is 0 Å². The van der Waals surface area contributed by atoms with Crippen molar-refractivity contribution in [2.75, 3.05) is 6.61 Å². The molecule has 3 nitrogen and oxygen atoms in total. The van der Waals surface area contributed by atoms with Gasteiger partial charge in [-0.1, -0.05) is 6.92 Å². The van der Waals surface area contributed by atoms with Crippen LogP contribution in [0, 0.1) is 0 Å². The SMILES string of the molecule is CCOC(=S)C(C)(CC)P(=S)(OC(C)C)OC(C)C. The van der Waals surface area contributed by atoms with Crippen LogP contribution in [0.2, 0.25) is 0 Å². The molecule has 0 spiro atoms. The van der Waals surface area contributed by atoms with E-state index in [2.05, 4.69) is 0 Å². The molecule has 0 radical (unpaired) electrons. The Morgan fingerprint density at radius 2 is 1.53 bits per heavy atom. The van der Waals surface area contributed by atoms with E-state index in [4.69, 9.17) is 37.8 Å². The zero-order valence-corrected chi connectivity index (χ0v) is 15.6. The zero-order chi connectivity index (χ0) is 15.3. The van der Waals surface area contributed by atoms with Crippen molar-refractivity contribution < 1.29 is 13.8 Å². The van der Waals surface area contributed by atoms with Crippen molar-refractivity contribution in [3.8, 4) is 0 Å². The first-order valence-corrected chi connectivity index (χ1v) is 9.81. The number of rotatable bonds is 8. The lowest BCUT2D eigenvalue weighted by molar-refractivity contribution is 0.163. The second-order valence-corrected chi connectivity index (χ2v) is 9.37. The molecule has 0 saturated carbocycles. The van der Waals surface area contributed by atoms with E-state index in [1.807, 2.05) is 48.5 Å². The van der Waals surface area contributed by atoms with Crippen molar-refractivity contribution in [2.24, 2.45) is 0 Å². The van der Waals surface area contributed by atoms with Gasteiger partial charge in [0.1, 0.15) is 5.16 Å². The minimum absolute atomic E-state index is 0.000107. The number of thiocarbonyl (C=S) groups is 1. The molecule has 19 heavy (non-hydrogen) atoms. The van der Waals surface area contributed by atoms with Crippen molar-refractivity contribution in [1.29, 1.82) is 0 Å². The lowest BCUT2D eigenvalue weighted by Crippen LogP contribution is -2.37. The van der Waals surface area contributed by atoms with E-state index in [-0.39, 0.29) is 12.2 Å². The maximum atomic E-state index is 6.01. The second kappa shape index (κ2) is 8.04. The third-order valence-corrected chi connectivity index (χ3v) is 8.28. The lowest BCUT2D eigenvalue weighted by Gasteiger charge is -2.40. The molecule has 0 heterocycles. The highest BCUT2D eigenvalue weighted by Gasteiger charge is 2.47. The first-order chi connectivity index (χ1) is 8.63. The predicted octanol–water partition coefficient (Wildman–Crippen LogP) is 4.68. The van der Waals surface area contributed by atoms with Crippen molar-refractivity contribution in [2.45, 2.75) is 72.3 Å². The molecule has 0 saturated heterocycles. The zero-order valence-electron chi connectivity index (χ0n) is 13.1. The van der Waals surface area contributed by atoms with Crippen LogP contribution in [0.25, 0.3) is 0 Å². The summed E-state index contributed by atoms with van der Waals surface area (Å²) in [6.45, 7) is 11.8. The number of hydrogen-bond acceptors (Lipinski definition) is 5. The fraction of sp³-hybridized carbons (Fsp3) is 0.923. The van der Waals surface area contributed by atoms with Gasteiger partial charge in [0.2, 0.25) is 6.49 Å². The molecule has 0 aliphatic rings. The fourth-order valence-electron chi connectivity index (χ4n) is 1.55. The fourth-order valence-corrected chi connectivity index (χ4v) is 6.31. The Bertz CT molecular complexity index is 331. The molecular formula is C13H27O3PS2. The quantitative estimate of drug-likeness (QED) is 0.477. The highest BCUT2D eigenvalue weighted by Crippen LogP contribution is 2.63. The molecule has 0 amide bonds. The van der Waals surface area contributed by atoms with Crippen LogP contribution < -0.4 is 0 Å². The smallest absolute Gasteiger partial charge is 0.203 e. The molecule has 0 bridgehead atoms. The summed E-state index contributed by atoms with van der Waals surface area (Å²) in [5.41, 5.74) is 0. The van der Waals surface area contributed by atoms with Gasteiger partial charge in [-0.15, -0.1) is 0 Å². The van der Waals surface area contributed by atoms with Crippen molar-refractivity contribution in [3.05, 3.63) is 0 Å². The summed E-state index contributed by atoms with van der Waals surface area (Å²) in [5, 5.41) is -0.0375. The predicted molar refractivity (Wildman–Crippen MR) is 89.6 cm³/mol. The average molecular weight is 326 g/mol. The maximum absolute atomic E-state index is 6.01. The van der Waals surface area contributed by atoms with Crippen molar-refractivity contribution >= 4 is 35.6 Å². The summed E-state index contributed by atoms with van der Waals surface area (Å²) >= 11 is 11.2. The molecule has 1 unspecified atom stereocenters. The maximum Gasteiger partial charge on any atom is 0.203 e. The standard InChI is InChI=1S/C13H27O3PS2/c1-8-13(7,12(18)14-9-2)17(19,15-10(3)4)16-11(5)6/h10-11H,8-9H2,1-7H3. The molecule has 6 heteroatoms. The molecule has 0 aromatic carbocycles. The normalized spacial score (nSPS) is 15.6. The highest BCUT2D eigenvalue weighted by molar-refractivity contribution is 8.11. The van der Waals surface area contributed by atoms with Gasteiger partial charge in [-0.3, -0.25) is 0 Å². The Labute approximate surface area is 128 Å². The van der Waals surface area contributed by atoms with Gasteiger partial charge in [0.25, 0.3) is 0 Å². The Kier molecular flexibility index (Phi) is 8.23. The minimum Gasteiger partial charge on any atom is -0.486 e. The summed E-state index contributed by atoms with van der Waals surface area (Å²) in [6.07, 6.45) is 0.738. The number of hydrogen-bond donors (Lipinski definition) is 0. The molecular weight excluding hydrogens is 299 g/mol. The Morgan fingerprint density at radius 1 is 1.11 bits per heavy atom. The first kappa shape index (κ1) is 19.5. The van der Waals surface area contributed by atoms with Gasteiger partial charge in [-0.2, -0.15) is 0 Å². The molecule has 0 aliphatic heterocycles. The van der Waals surface area contributed by atoms with Crippen molar-refractivity contribution in [3.63, 3.8) is 0 Å². The Balaban J connectivity index is 5.51. The lowest BCUT2D eigenvalue weighted by atomic mass is 10.1. The van der Waals surface area contributed by atoms with Crippen LogP contribution in [0.1, 0.15) is 54.9 Å². The molecule has 1 atom stereocenters. The van der Waals surface area contributed by atoms with Crippen LogP contribution in [0.5, 0.6) is 0 Å². The van der Waals surface area contributed by atoms with E-state index in [1.54, 1.807) is 0 Å². The third-order valence-electron chi connectivity index (χ3n) is 2.71. The van der Waals surface area contributed by atoms with E-state index in [0.717, 1.165) is 6.42 Å². The van der Waals surface area contributed by atoms with E-state index in [1.165, 1.54) is 0 Å². The monoisotopic (exact) mass is 326 g/mol. The van der Waals surface area contributed by atoms with Crippen LogP contribution in [0.3, 0.4) is 0 Å². The molecule has 0 rings (SSSR count). The van der Waals surface area contributed by atoms with E-state index < -0.39 is 11.6 Å². The summed E-state index contributed by atoms with van der Waals surface area (Å²) in [7, 11) is 0. The summed E-state index contributed by atoms with van der Waals surface area (Å²) < 4.78 is 17.6. The molecule has 0 aromatic heterocycles. The van der Waals surface area contributed by atoms with E-state index in [0.29, 0.717) is 11.7 Å². The molecule has 0 aromatic rings. The van der Waals surface area contributed by atoms with Gasteiger partial charge < -0.3 is 13.8 Å². The van der Waals surface area contributed by atoms with E-state index >= 15 is 0 Å². The minimum atomic E-state index is -2.57. The third kappa shape index (κ3) is 5.05. The van der Waals surface area contributed by atoms with Crippen LogP contribution in [0.4, 0.5) is 0 Å². The van der Waals surface area contributed by atoms with Gasteiger partial charge in [0.15, 0.2) is 5.05 Å². The first-order valence-electron chi connectivity index (χ1n) is 6.77. The topological polar surface area (TPSA) is 27.7 Å². The molecule has 0 aliphatic carbocycles. The summed E-state index contributed by atoms with van der Waals surface area (Å²) in [6, 6.07) is 0. The van der Waals surface area contributed by atoms with Gasteiger partial charge in [-0.25, -0.2) is 0 Å². The Morgan fingerprint density at radius 3 is 1.79 bits per heavy atom. The summed E-state index contributed by atoms with van der Waals surface area (Å²) in [4.78, 5) is 0. The van der Waals surface area contributed by atoms with Gasteiger partial charge in [0.05, 0.1) is 18.8 Å². The van der Waals surface area contributed by atoms with Crippen LogP contribution in [-0.4, -0.2) is 29.0 Å². The Hall–Kier alpha value is 0.460.